The Bertz CT molecular complexity index is 783. The fourth-order valence-corrected chi connectivity index (χ4v) is 4.57. The molecule has 1 fully saturated rings. The fourth-order valence-electron chi connectivity index (χ4n) is 3.04. The van der Waals surface area contributed by atoms with Gasteiger partial charge in [0.15, 0.2) is 0 Å². The Morgan fingerprint density at radius 2 is 2.04 bits per heavy atom. The summed E-state index contributed by atoms with van der Waals surface area (Å²) in [6.07, 6.45) is 4.48. The smallest absolute Gasteiger partial charge is 0.214 e. The van der Waals surface area contributed by atoms with Crippen LogP contribution in [0.1, 0.15) is 30.8 Å². The largest absolute Gasteiger partial charge is 0.309 e. The minimum atomic E-state index is -3.00. The van der Waals surface area contributed by atoms with Gasteiger partial charge < -0.3 is 9.88 Å². The normalized spacial score (nSPS) is 18.8. The molecule has 0 radical (unpaired) electrons. The van der Waals surface area contributed by atoms with Crippen molar-refractivity contribution in [2.75, 3.05) is 25.4 Å². The van der Waals surface area contributed by atoms with Crippen molar-refractivity contribution in [1.82, 2.24) is 19.2 Å². The summed E-state index contributed by atoms with van der Waals surface area (Å²) in [6.45, 7) is 5.92. The van der Waals surface area contributed by atoms with Gasteiger partial charge in [0.1, 0.15) is 5.82 Å². The van der Waals surface area contributed by atoms with Crippen LogP contribution < -0.4 is 5.32 Å². The van der Waals surface area contributed by atoms with Gasteiger partial charge in [-0.25, -0.2) is 17.7 Å². The second kappa shape index (κ2) is 7.04. The van der Waals surface area contributed by atoms with Crippen molar-refractivity contribution in [3.63, 3.8) is 0 Å². The highest BCUT2D eigenvalue weighted by molar-refractivity contribution is 7.89. The SMILES string of the molecule is Cc1nccn1-c1ccc(C(C)NCCN2CCCS2(=O)=O)cc1. The van der Waals surface area contributed by atoms with Gasteiger partial charge in [-0.3, -0.25) is 0 Å². The molecule has 24 heavy (non-hydrogen) atoms. The molecule has 1 aromatic heterocycles. The summed E-state index contributed by atoms with van der Waals surface area (Å²) in [4.78, 5) is 4.24. The molecule has 0 saturated carbocycles. The van der Waals surface area contributed by atoms with Crippen molar-refractivity contribution in [3.8, 4) is 5.69 Å². The van der Waals surface area contributed by atoms with E-state index < -0.39 is 10.0 Å². The maximum absolute atomic E-state index is 11.8. The van der Waals surface area contributed by atoms with Gasteiger partial charge in [0.2, 0.25) is 10.0 Å². The van der Waals surface area contributed by atoms with Crippen molar-refractivity contribution in [1.29, 1.82) is 0 Å². The fraction of sp³-hybridized carbons (Fsp3) is 0.471. The highest BCUT2D eigenvalue weighted by Gasteiger charge is 2.27. The van der Waals surface area contributed by atoms with Crippen molar-refractivity contribution >= 4 is 10.0 Å². The number of hydrogen-bond acceptors (Lipinski definition) is 4. The van der Waals surface area contributed by atoms with Gasteiger partial charge in [-0.15, -0.1) is 0 Å². The molecule has 7 heteroatoms. The van der Waals surface area contributed by atoms with Crippen LogP contribution in [-0.4, -0.2) is 47.7 Å². The average molecular weight is 348 g/mol. The summed E-state index contributed by atoms with van der Waals surface area (Å²) in [5.74, 6) is 1.25. The molecule has 0 spiro atoms. The van der Waals surface area contributed by atoms with Gasteiger partial charge in [-0.1, -0.05) is 12.1 Å². The highest BCUT2D eigenvalue weighted by atomic mass is 32.2. The molecule has 0 bridgehead atoms. The Balaban J connectivity index is 1.55. The molecule has 1 aromatic carbocycles. The van der Waals surface area contributed by atoms with Gasteiger partial charge >= 0.3 is 0 Å². The maximum Gasteiger partial charge on any atom is 0.214 e. The highest BCUT2D eigenvalue weighted by Crippen LogP contribution is 2.17. The van der Waals surface area contributed by atoms with E-state index in [0.717, 1.165) is 17.9 Å². The van der Waals surface area contributed by atoms with Crippen LogP contribution in [0, 0.1) is 6.92 Å². The molecule has 1 aliphatic heterocycles. The number of aromatic nitrogens is 2. The zero-order valence-electron chi connectivity index (χ0n) is 14.1. The Morgan fingerprint density at radius 1 is 1.29 bits per heavy atom. The third kappa shape index (κ3) is 3.68. The van der Waals surface area contributed by atoms with E-state index >= 15 is 0 Å². The van der Waals surface area contributed by atoms with E-state index in [4.69, 9.17) is 0 Å². The third-order valence-electron chi connectivity index (χ3n) is 4.51. The van der Waals surface area contributed by atoms with Gasteiger partial charge in [0, 0.05) is 43.8 Å². The number of sulfonamides is 1. The van der Waals surface area contributed by atoms with Crippen molar-refractivity contribution in [2.45, 2.75) is 26.3 Å². The quantitative estimate of drug-likeness (QED) is 0.865. The summed E-state index contributed by atoms with van der Waals surface area (Å²) in [5.41, 5.74) is 2.27. The number of aryl methyl sites for hydroxylation is 1. The van der Waals surface area contributed by atoms with Crippen LogP contribution >= 0.6 is 0 Å². The van der Waals surface area contributed by atoms with Gasteiger partial charge in [-0.05, 0) is 38.0 Å². The lowest BCUT2D eigenvalue weighted by Gasteiger charge is -2.18. The molecule has 0 amide bonds. The lowest BCUT2D eigenvalue weighted by atomic mass is 10.1. The second-order valence-electron chi connectivity index (χ2n) is 6.18. The van der Waals surface area contributed by atoms with E-state index in [9.17, 15) is 8.42 Å². The van der Waals surface area contributed by atoms with Crippen LogP contribution in [0.2, 0.25) is 0 Å². The molecular formula is C17H24N4O2S. The standard InChI is InChI=1S/C17H24N4O2S/c1-14(18-8-11-20-10-3-13-24(20,22)23)16-4-6-17(7-5-16)21-12-9-19-15(21)2/h4-7,9,12,14,18H,3,8,10-11,13H2,1-2H3. The van der Waals surface area contributed by atoms with Crippen molar-refractivity contribution < 1.29 is 8.42 Å². The van der Waals surface area contributed by atoms with Crippen molar-refractivity contribution in [2.24, 2.45) is 0 Å². The Morgan fingerprint density at radius 3 is 2.62 bits per heavy atom. The molecule has 2 heterocycles. The summed E-state index contributed by atoms with van der Waals surface area (Å²) >= 11 is 0. The zero-order valence-corrected chi connectivity index (χ0v) is 15.0. The molecule has 2 aromatic rings. The molecule has 1 aliphatic rings. The van der Waals surface area contributed by atoms with Crippen LogP contribution in [0.3, 0.4) is 0 Å². The predicted octanol–water partition coefficient (Wildman–Crippen LogP) is 1.87. The number of nitrogens with one attached hydrogen (secondary N) is 1. The Labute approximate surface area is 143 Å². The first-order valence-electron chi connectivity index (χ1n) is 8.29. The molecule has 1 N–H and O–H groups in total. The molecule has 1 unspecified atom stereocenters. The van der Waals surface area contributed by atoms with Gasteiger partial charge in [0.25, 0.3) is 0 Å². The molecule has 1 atom stereocenters. The maximum atomic E-state index is 11.8. The summed E-state index contributed by atoms with van der Waals surface area (Å²) in [7, 11) is -3.00. The van der Waals surface area contributed by atoms with Gasteiger partial charge in [-0.2, -0.15) is 0 Å². The molecule has 1 saturated heterocycles. The first-order valence-corrected chi connectivity index (χ1v) is 9.90. The molecule has 0 aliphatic carbocycles. The predicted molar refractivity (Wildman–Crippen MR) is 94.7 cm³/mol. The lowest BCUT2D eigenvalue weighted by Crippen LogP contribution is -2.34. The van der Waals surface area contributed by atoms with E-state index in [1.807, 2.05) is 17.7 Å². The topological polar surface area (TPSA) is 67.2 Å². The molecule has 130 valence electrons. The van der Waals surface area contributed by atoms with E-state index in [1.54, 1.807) is 10.5 Å². The van der Waals surface area contributed by atoms with E-state index in [-0.39, 0.29) is 11.8 Å². The van der Waals surface area contributed by atoms with E-state index in [2.05, 4.69) is 41.5 Å². The van der Waals surface area contributed by atoms with Crippen LogP contribution in [0.4, 0.5) is 0 Å². The van der Waals surface area contributed by atoms with E-state index in [0.29, 0.717) is 19.6 Å². The lowest BCUT2D eigenvalue weighted by molar-refractivity contribution is 0.422. The molecule has 6 nitrogen and oxygen atoms in total. The minimum absolute atomic E-state index is 0.174. The minimum Gasteiger partial charge on any atom is -0.309 e. The number of nitrogens with zero attached hydrogens (tertiary/aromatic N) is 3. The third-order valence-corrected chi connectivity index (χ3v) is 6.47. The Kier molecular flexibility index (Phi) is 5.03. The Hall–Kier alpha value is -1.70. The summed E-state index contributed by atoms with van der Waals surface area (Å²) < 4.78 is 27.2. The monoisotopic (exact) mass is 348 g/mol. The number of benzene rings is 1. The van der Waals surface area contributed by atoms with E-state index in [1.165, 1.54) is 5.56 Å². The van der Waals surface area contributed by atoms with Crippen LogP contribution in [0.5, 0.6) is 0 Å². The summed E-state index contributed by atoms with van der Waals surface area (Å²) in [5, 5.41) is 3.40. The zero-order chi connectivity index (χ0) is 17.2. The number of rotatable bonds is 6. The van der Waals surface area contributed by atoms with Crippen molar-refractivity contribution in [3.05, 3.63) is 48.0 Å². The second-order valence-corrected chi connectivity index (χ2v) is 8.27. The average Bonchev–Trinajstić information content (AvgIpc) is 3.13. The van der Waals surface area contributed by atoms with Crippen LogP contribution in [0.15, 0.2) is 36.7 Å². The first-order chi connectivity index (χ1) is 11.5. The van der Waals surface area contributed by atoms with Crippen LogP contribution in [0.25, 0.3) is 5.69 Å². The van der Waals surface area contributed by atoms with Gasteiger partial charge in [0.05, 0.1) is 5.75 Å². The number of hydrogen-bond donors (Lipinski definition) is 1. The molecular weight excluding hydrogens is 324 g/mol. The first kappa shape index (κ1) is 17.1. The molecule has 3 rings (SSSR count). The van der Waals surface area contributed by atoms with Crippen LogP contribution in [-0.2, 0) is 10.0 Å². The number of imidazole rings is 1. The summed E-state index contributed by atoms with van der Waals surface area (Å²) in [6, 6.07) is 8.52.